The predicted molar refractivity (Wildman–Crippen MR) is 76.9 cm³/mol. The van der Waals surface area contributed by atoms with Gasteiger partial charge in [-0.05, 0) is 24.6 Å². The van der Waals surface area contributed by atoms with Crippen LogP contribution in [0.1, 0.15) is 17.1 Å². The van der Waals surface area contributed by atoms with E-state index in [0.29, 0.717) is 6.54 Å². The lowest BCUT2D eigenvalue weighted by Gasteiger charge is -2.20. The lowest BCUT2D eigenvalue weighted by molar-refractivity contribution is -0.141. The molecule has 2 rings (SSSR count). The number of alkyl halides is 3. The molecule has 0 aliphatic carbocycles. The molecule has 2 aromatic rings. The fourth-order valence-corrected chi connectivity index (χ4v) is 1.98. The summed E-state index contributed by atoms with van der Waals surface area (Å²) in [5.74, 6) is 1.05. The quantitative estimate of drug-likeness (QED) is 0.867. The molecule has 0 fully saturated rings. The molecule has 0 spiro atoms. The van der Waals surface area contributed by atoms with Crippen LogP contribution in [-0.4, -0.2) is 24.1 Å². The Morgan fingerprint density at radius 3 is 2.32 bits per heavy atom. The van der Waals surface area contributed by atoms with Crippen LogP contribution in [0.3, 0.4) is 0 Å². The van der Waals surface area contributed by atoms with E-state index in [0.717, 1.165) is 17.4 Å². The van der Waals surface area contributed by atoms with Gasteiger partial charge < -0.3 is 9.64 Å². The van der Waals surface area contributed by atoms with E-state index in [1.165, 1.54) is 6.92 Å². The molecule has 0 N–H and O–H groups in total. The summed E-state index contributed by atoms with van der Waals surface area (Å²) in [5, 5.41) is 0. The Balaban J connectivity index is 2.21. The van der Waals surface area contributed by atoms with Crippen molar-refractivity contribution in [1.29, 1.82) is 0 Å². The fourth-order valence-electron chi connectivity index (χ4n) is 1.98. The number of hydrogen-bond acceptors (Lipinski definition) is 4. The van der Waals surface area contributed by atoms with E-state index < -0.39 is 11.9 Å². The number of nitrogens with zero attached hydrogens (tertiary/aromatic N) is 3. The van der Waals surface area contributed by atoms with E-state index in [9.17, 15) is 13.2 Å². The molecule has 1 heterocycles. The SMILES string of the molecule is COc1ccc(CN(C)c2cc(C(F)(F)F)nc(C)n2)cc1. The summed E-state index contributed by atoms with van der Waals surface area (Å²) in [4.78, 5) is 9.15. The van der Waals surface area contributed by atoms with Crippen molar-refractivity contribution in [2.45, 2.75) is 19.6 Å². The van der Waals surface area contributed by atoms with Crippen LogP contribution < -0.4 is 9.64 Å². The van der Waals surface area contributed by atoms with Crippen molar-refractivity contribution < 1.29 is 17.9 Å². The molecule has 0 bridgehead atoms. The number of methoxy groups -OCH3 is 1. The smallest absolute Gasteiger partial charge is 0.433 e. The van der Waals surface area contributed by atoms with Gasteiger partial charge in [0.15, 0.2) is 0 Å². The third-order valence-corrected chi connectivity index (χ3v) is 3.08. The molecule has 0 aliphatic heterocycles. The zero-order valence-electron chi connectivity index (χ0n) is 12.5. The minimum atomic E-state index is -4.48. The monoisotopic (exact) mass is 311 g/mol. The third kappa shape index (κ3) is 3.87. The Hall–Kier alpha value is -2.31. The highest BCUT2D eigenvalue weighted by Crippen LogP contribution is 2.29. The van der Waals surface area contributed by atoms with E-state index in [-0.39, 0.29) is 11.6 Å². The second kappa shape index (κ2) is 6.21. The number of ether oxygens (including phenoxy) is 1. The van der Waals surface area contributed by atoms with Crippen LogP contribution in [0, 0.1) is 6.92 Å². The summed E-state index contributed by atoms with van der Waals surface area (Å²) < 4.78 is 43.5. The average Bonchev–Trinajstić information content (AvgIpc) is 2.46. The van der Waals surface area contributed by atoms with Gasteiger partial charge in [-0.2, -0.15) is 13.2 Å². The molecule has 4 nitrogen and oxygen atoms in total. The Morgan fingerprint density at radius 2 is 1.77 bits per heavy atom. The highest BCUT2D eigenvalue weighted by Gasteiger charge is 2.33. The van der Waals surface area contributed by atoms with Crippen molar-refractivity contribution in [1.82, 2.24) is 9.97 Å². The van der Waals surface area contributed by atoms with Crippen LogP contribution in [0.25, 0.3) is 0 Å². The summed E-state index contributed by atoms with van der Waals surface area (Å²) in [5.41, 5.74) is 0.00436. The van der Waals surface area contributed by atoms with Crippen molar-refractivity contribution in [2.24, 2.45) is 0 Å². The van der Waals surface area contributed by atoms with E-state index >= 15 is 0 Å². The Morgan fingerprint density at radius 1 is 1.14 bits per heavy atom. The van der Waals surface area contributed by atoms with E-state index in [4.69, 9.17) is 4.74 Å². The molecular formula is C15H16F3N3O. The van der Waals surface area contributed by atoms with Crippen molar-refractivity contribution in [2.75, 3.05) is 19.1 Å². The number of rotatable bonds is 4. The van der Waals surface area contributed by atoms with Gasteiger partial charge in [0, 0.05) is 19.7 Å². The summed E-state index contributed by atoms with van der Waals surface area (Å²) in [6.07, 6.45) is -4.48. The number of benzene rings is 1. The molecular weight excluding hydrogens is 295 g/mol. The lowest BCUT2D eigenvalue weighted by Crippen LogP contribution is -2.20. The maximum Gasteiger partial charge on any atom is 0.433 e. The molecule has 1 aromatic carbocycles. The van der Waals surface area contributed by atoms with Gasteiger partial charge in [-0.3, -0.25) is 0 Å². The Bertz CT molecular complexity index is 641. The van der Waals surface area contributed by atoms with Gasteiger partial charge in [0.2, 0.25) is 0 Å². The topological polar surface area (TPSA) is 38.2 Å². The number of halogens is 3. The van der Waals surface area contributed by atoms with Crippen LogP contribution in [-0.2, 0) is 12.7 Å². The standard InChI is InChI=1S/C15H16F3N3O/c1-10-19-13(15(16,17)18)8-14(20-10)21(2)9-11-4-6-12(22-3)7-5-11/h4-8H,9H2,1-3H3. The molecule has 118 valence electrons. The zero-order valence-corrected chi connectivity index (χ0v) is 12.5. The minimum Gasteiger partial charge on any atom is -0.497 e. The third-order valence-electron chi connectivity index (χ3n) is 3.08. The number of aryl methyl sites for hydroxylation is 1. The van der Waals surface area contributed by atoms with E-state index in [1.807, 2.05) is 12.1 Å². The Kier molecular flexibility index (Phi) is 4.54. The second-order valence-electron chi connectivity index (χ2n) is 4.86. The highest BCUT2D eigenvalue weighted by molar-refractivity contribution is 5.41. The van der Waals surface area contributed by atoms with Crippen molar-refractivity contribution in [3.05, 3.63) is 47.4 Å². The second-order valence-corrected chi connectivity index (χ2v) is 4.86. The maximum absolute atomic E-state index is 12.8. The Labute approximate surface area is 126 Å². The van der Waals surface area contributed by atoms with Crippen LogP contribution >= 0.6 is 0 Å². The minimum absolute atomic E-state index is 0.0893. The molecule has 0 radical (unpaired) electrons. The van der Waals surface area contributed by atoms with Crippen molar-refractivity contribution in [3.8, 4) is 5.75 Å². The van der Waals surface area contributed by atoms with Crippen LogP contribution in [0.15, 0.2) is 30.3 Å². The van der Waals surface area contributed by atoms with Gasteiger partial charge in [-0.25, -0.2) is 9.97 Å². The lowest BCUT2D eigenvalue weighted by atomic mass is 10.2. The van der Waals surface area contributed by atoms with Gasteiger partial charge in [-0.15, -0.1) is 0 Å². The average molecular weight is 311 g/mol. The first kappa shape index (κ1) is 16.1. The van der Waals surface area contributed by atoms with E-state index in [1.54, 1.807) is 31.2 Å². The van der Waals surface area contributed by atoms with E-state index in [2.05, 4.69) is 9.97 Å². The maximum atomic E-state index is 12.8. The van der Waals surface area contributed by atoms with Crippen molar-refractivity contribution >= 4 is 5.82 Å². The first-order chi connectivity index (χ1) is 10.3. The molecule has 0 saturated heterocycles. The van der Waals surface area contributed by atoms with Crippen LogP contribution in [0.2, 0.25) is 0 Å². The van der Waals surface area contributed by atoms with Gasteiger partial charge in [0.05, 0.1) is 7.11 Å². The number of anilines is 1. The summed E-state index contributed by atoms with van der Waals surface area (Å²) in [6, 6.07) is 8.27. The normalized spacial score (nSPS) is 11.4. The molecule has 22 heavy (non-hydrogen) atoms. The first-order valence-corrected chi connectivity index (χ1v) is 6.56. The predicted octanol–water partition coefficient (Wildman–Crippen LogP) is 3.45. The molecule has 0 unspecified atom stereocenters. The van der Waals surface area contributed by atoms with Crippen molar-refractivity contribution in [3.63, 3.8) is 0 Å². The fraction of sp³-hybridized carbons (Fsp3) is 0.333. The molecule has 0 aliphatic rings. The van der Waals surface area contributed by atoms with Crippen LogP contribution in [0.4, 0.5) is 19.0 Å². The number of hydrogen-bond donors (Lipinski definition) is 0. The van der Waals surface area contributed by atoms with Gasteiger partial charge in [0.25, 0.3) is 0 Å². The summed E-state index contributed by atoms with van der Waals surface area (Å²) in [7, 11) is 3.26. The molecule has 0 atom stereocenters. The summed E-state index contributed by atoms with van der Waals surface area (Å²) in [6.45, 7) is 1.87. The van der Waals surface area contributed by atoms with Gasteiger partial charge in [0.1, 0.15) is 23.1 Å². The van der Waals surface area contributed by atoms with Crippen LogP contribution in [0.5, 0.6) is 5.75 Å². The molecule has 0 amide bonds. The largest absolute Gasteiger partial charge is 0.497 e. The van der Waals surface area contributed by atoms with Gasteiger partial charge >= 0.3 is 6.18 Å². The summed E-state index contributed by atoms with van der Waals surface area (Å²) >= 11 is 0. The zero-order chi connectivity index (χ0) is 16.3. The molecule has 1 aromatic heterocycles. The first-order valence-electron chi connectivity index (χ1n) is 6.56. The molecule has 7 heteroatoms. The van der Waals surface area contributed by atoms with Gasteiger partial charge in [-0.1, -0.05) is 12.1 Å². The highest BCUT2D eigenvalue weighted by atomic mass is 19.4. The number of aromatic nitrogens is 2. The molecule has 0 saturated carbocycles.